The van der Waals surface area contributed by atoms with Crippen LogP contribution < -0.4 is 0 Å². The molecule has 1 aliphatic heterocycles. The van der Waals surface area contributed by atoms with Gasteiger partial charge in [0.1, 0.15) is 5.84 Å². The number of hydrogen-bond donors (Lipinski definition) is 1. The van der Waals surface area contributed by atoms with Gasteiger partial charge in [0.25, 0.3) is 0 Å². The van der Waals surface area contributed by atoms with Gasteiger partial charge in [-0.3, -0.25) is 10.1 Å². The Kier molecular flexibility index (Phi) is 2.44. The first-order chi connectivity index (χ1) is 8.65. The lowest BCUT2D eigenvalue weighted by atomic mass is 10.1. The van der Waals surface area contributed by atoms with Crippen LogP contribution in [0.5, 0.6) is 0 Å². The molecule has 4 nitrogen and oxygen atoms in total. The molecule has 1 aliphatic rings. The summed E-state index contributed by atoms with van der Waals surface area (Å²) in [5.41, 5.74) is 4.53. The summed E-state index contributed by atoms with van der Waals surface area (Å²) in [5.74, 6) is 0.619. The van der Waals surface area contributed by atoms with Crippen molar-refractivity contribution in [1.29, 1.82) is 5.41 Å². The van der Waals surface area contributed by atoms with E-state index >= 15 is 0 Å². The van der Waals surface area contributed by atoms with Crippen molar-refractivity contribution in [2.45, 2.75) is 20.0 Å². The highest BCUT2D eigenvalue weighted by Crippen LogP contribution is 2.24. The fraction of sp³-hybridized carbons (Fsp3) is 0.286. The predicted octanol–water partition coefficient (Wildman–Crippen LogP) is 2.07. The fourth-order valence-electron chi connectivity index (χ4n) is 2.49. The van der Waals surface area contributed by atoms with Crippen LogP contribution in [0.3, 0.4) is 0 Å². The Labute approximate surface area is 106 Å². The molecule has 2 aromatic rings. The third kappa shape index (κ3) is 1.70. The van der Waals surface area contributed by atoms with E-state index in [0.717, 1.165) is 24.3 Å². The number of aromatic nitrogens is 2. The zero-order chi connectivity index (χ0) is 12.7. The van der Waals surface area contributed by atoms with Gasteiger partial charge < -0.3 is 4.90 Å². The zero-order valence-corrected chi connectivity index (χ0v) is 10.6. The van der Waals surface area contributed by atoms with Crippen molar-refractivity contribution in [3.8, 4) is 0 Å². The van der Waals surface area contributed by atoms with Gasteiger partial charge in [-0.15, -0.1) is 0 Å². The van der Waals surface area contributed by atoms with Gasteiger partial charge in [0, 0.05) is 37.5 Å². The summed E-state index contributed by atoms with van der Waals surface area (Å²) in [4.78, 5) is 2.09. The first-order valence-electron chi connectivity index (χ1n) is 6.06. The molecule has 2 heterocycles. The largest absolute Gasteiger partial charge is 0.348 e. The first-order valence-corrected chi connectivity index (χ1v) is 6.06. The fourth-order valence-corrected chi connectivity index (χ4v) is 2.49. The van der Waals surface area contributed by atoms with Crippen LogP contribution in [0.2, 0.25) is 0 Å². The van der Waals surface area contributed by atoms with E-state index in [1.807, 2.05) is 43.0 Å². The SMILES string of the molecule is Cc1nn(C)cc1CN1Cc2ccccc2C1=N. The molecule has 92 valence electrons. The van der Waals surface area contributed by atoms with Gasteiger partial charge in [-0.25, -0.2) is 0 Å². The molecule has 0 bridgehead atoms. The maximum Gasteiger partial charge on any atom is 0.129 e. The van der Waals surface area contributed by atoms with Crippen LogP contribution in [0.4, 0.5) is 0 Å². The van der Waals surface area contributed by atoms with Gasteiger partial charge in [-0.05, 0) is 12.5 Å². The predicted molar refractivity (Wildman–Crippen MR) is 70.5 cm³/mol. The topological polar surface area (TPSA) is 44.9 Å². The average Bonchev–Trinajstić information content (AvgIpc) is 2.82. The molecule has 0 unspecified atom stereocenters. The third-order valence-corrected chi connectivity index (χ3v) is 3.43. The number of nitrogens with one attached hydrogen (secondary N) is 1. The number of nitrogens with zero attached hydrogens (tertiary/aromatic N) is 3. The highest BCUT2D eigenvalue weighted by atomic mass is 15.3. The molecular weight excluding hydrogens is 224 g/mol. The Balaban J connectivity index is 1.85. The van der Waals surface area contributed by atoms with Gasteiger partial charge >= 0.3 is 0 Å². The lowest BCUT2D eigenvalue weighted by Crippen LogP contribution is -2.23. The van der Waals surface area contributed by atoms with Crippen LogP contribution in [0.25, 0.3) is 0 Å². The first kappa shape index (κ1) is 11.0. The normalized spacial score (nSPS) is 14.1. The van der Waals surface area contributed by atoms with E-state index in [2.05, 4.69) is 16.1 Å². The molecule has 0 saturated carbocycles. The summed E-state index contributed by atoms with van der Waals surface area (Å²) in [6.45, 7) is 3.60. The quantitative estimate of drug-likeness (QED) is 0.873. The van der Waals surface area contributed by atoms with Crippen LogP contribution in [0.15, 0.2) is 30.5 Å². The van der Waals surface area contributed by atoms with Gasteiger partial charge in [0.2, 0.25) is 0 Å². The Bertz CT molecular complexity index is 612. The van der Waals surface area contributed by atoms with Crippen LogP contribution in [0.1, 0.15) is 22.4 Å². The van der Waals surface area contributed by atoms with Gasteiger partial charge in [-0.2, -0.15) is 5.10 Å². The maximum atomic E-state index is 8.21. The summed E-state index contributed by atoms with van der Waals surface area (Å²) in [7, 11) is 1.93. The van der Waals surface area contributed by atoms with E-state index in [1.54, 1.807) is 0 Å². The second-order valence-electron chi connectivity index (χ2n) is 4.78. The minimum Gasteiger partial charge on any atom is -0.348 e. The summed E-state index contributed by atoms with van der Waals surface area (Å²) in [5, 5.41) is 12.6. The summed E-state index contributed by atoms with van der Waals surface area (Å²) in [6, 6.07) is 8.14. The Morgan fingerprint density at radius 1 is 1.33 bits per heavy atom. The standard InChI is InChI=1S/C14H16N4/c1-10-12(7-17(2)16-10)9-18-8-11-5-3-4-6-13(11)14(18)15/h3-7,15H,8-9H2,1-2H3. The van der Waals surface area contributed by atoms with Crippen LogP contribution in [0, 0.1) is 12.3 Å². The number of aryl methyl sites for hydroxylation is 2. The van der Waals surface area contributed by atoms with Gasteiger partial charge in [0.05, 0.1) is 5.69 Å². The molecule has 3 rings (SSSR count). The van der Waals surface area contributed by atoms with Gasteiger partial charge in [-0.1, -0.05) is 24.3 Å². The van der Waals surface area contributed by atoms with E-state index in [4.69, 9.17) is 5.41 Å². The second kappa shape index (κ2) is 3.98. The number of amidine groups is 1. The Hall–Kier alpha value is -2.10. The van der Waals surface area contributed by atoms with Crippen LogP contribution in [-0.4, -0.2) is 20.5 Å². The van der Waals surface area contributed by atoms with Crippen molar-refractivity contribution in [1.82, 2.24) is 14.7 Å². The monoisotopic (exact) mass is 240 g/mol. The van der Waals surface area contributed by atoms with E-state index in [1.165, 1.54) is 11.1 Å². The van der Waals surface area contributed by atoms with Crippen LogP contribution in [-0.2, 0) is 20.1 Å². The minimum atomic E-state index is 0.619. The number of hydrogen-bond acceptors (Lipinski definition) is 2. The lowest BCUT2D eigenvalue weighted by molar-refractivity contribution is 0.421. The minimum absolute atomic E-state index is 0.619. The maximum absolute atomic E-state index is 8.21. The molecule has 1 aromatic heterocycles. The van der Waals surface area contributed by atoms with Crippen molar-refractivity contribution in [2.24, 2.45) is 7.05 Å². The van der Waals surface area contributed by atoms with E-state index in [0.29, 0.717) is 5.84 Å². The third-order valence-electron chi connectivity index (χ3n) is 3.43. The lowest BCUT2D eigenvalue weighted by Gasteiger charge is -2.17. The van der Waals surface area contributed by atoms with Crippen molar-refractivity contribution >= 4 is 5.84 Å². The molecule has 18 heavy (non-hydrogen) atoms. The number of benzene rings is 1. The molecule has 0 fully saturated rings. The summed E-state index contributed by atoms with van der Waals surface area (Å²) < 4.78 is 1.83. The van der Waals surface area contributed by atoms with Crippen molar-refractivity contribution in [3.63, 3.8) is 0 Å². The van der Waals surface area contributed by atoms with Gasteiger partial charge in [0.15, 0.2) is 0 Å². The van der Waals surface area contributed by atoms with Crippen molar-refractivity contribution in [3.05, 3.63) is 52.8 Å². The number of rotatable bonds is 2. The molecule has 0 saturated heterocycles. The summed E-state index contributed by atoms with van der Waals surface area (Å²) in [6.07, 6.45) is 2.03. The van der Waals surface area contributed by atoms with E-state index in [9.17, 15) is 0 Å². The van der Waals surface area contributed by atoms with Crippen LogP contribution >= 0.6 is 0 Å². The van der Waals surface area contributed by atoms with Crippen molar-refractivity contribution in [2.75, 3.05) is 0 Å². The smallest absolute Gasteiger partial charge is 0.129 e. The van der Waals surface area contributed by atoms with E-state index < -0.39 is 0 Å². The molecule has 0 spiro atoms. The molecule has 1 aromatic carbocycles. The molecule has 4 heteroatoms. The Morgan fingerprint density at radius 3 is 2.78 bits per heavy atom. The molecule has 0 aliphatic carbocycles. The highest BCUT2D eigenvalue weighted by molar-refractivity contribution is 6.00. The summed E-state index contributed by atoms with van der Waals surface area (Å²) >= 11 is 0. The molecular formula is C14H16N4. The molecule has 0 atom stereocenters. The Morgan fingerprint density at radius 2 is 2.11 bits per heavy atom. The number of fused-ring (bicyclic) bond motifs is 1. The highest BCUT2D eigenvalue weighted by Gasteiger charge is 2.24. The average molecular weight is 240 g/mol. The van der Waals surface area contributed by atoms with E-state index in [-0.39, 0.29) is 0 Å². The molecule has 0 amide bonds. The molecule has 0 radical (unpaired) electrons. The second-order valence-corrected chi connectivity index (χ2v) is 4.78. The molecule has 1 N–H and O–H groups in total. The van der Waals surface area contributed by atoms with Crippen molar-refractivity contribution < 1.29 is 0 Å². The zero-order valence-electron chi connectivity index (χ0n) is 10.6.